The summed E-state index contributed by atoms with van der Waals surface area (Å²) in [7, 11) is 2.64. The maximum absolute atomic E-state index is 11.4. The molecule has 10 aromatic rings. The van der Waals surface area contributed by atoms with Crippen molar-refractivity contribution < 1.29 is 42.9 Å². The van der Waals surface area contributed by atoms with Gasteiger partial charge >= 0.3 is 11.9 Å². The molecule has 0 radical (unpaired) electrons. The first-order valence-electron chi connectivity index (χ1n) is 35.6. The van der Waals surface area contributed by atoms with Crippen LogP contribution in [0.5, 0.6) is 23.0 Å². The van der Waals surface area contributed by atoms with Crippen molar-refractivity contribution in [2.45, 2.75) is 60.0 Å². The molecular weight excluding hydrogens is 1480 g/mol. The molecule has 0 aliphatic rings. The van der Waals surface area contributed by atoms with E-state index in [1.165, 1.54) is 50.6 Å². The average molecular weight is 1560 g/mol. The lowest BCUT2D eigenvalue weighted by molar-refractivity contribution is -0.384. The molecule has 0 aromatic heterocycles. The molecule has 0 amide bonds. The average Bonchev–Trinajstić information content (AvgIpc) is 0.834. The second-order valence-electron chi connectivity index (χ2n) is 24.5. The minimum Gasteiger partial charge on any atom is -0.491 e. The standard InChI is InChI=1S/C29H27N5O2.C21H27N5O2.C19H19N5O4.C16H16N6O2/c30-29(33-31-19-23-11-15-27(16-12-23)35-21-25-7-3-1-4-8-25)34-32-20-24-13-17-28(18-14-24)36-22-26-9-5-2-6-10-26;1-15(2)27-19-9-5-17(6-10-19)13-23-25-21(22)26-24-14-18-7-11-20(12-8-18)28-16(3)4;1-27-17(25)15-7-3-13(4-8-15)11-21-23-19(20)24-22-12-14-5-9-16(10-6-14)18(26)28-2;1-12-2-4-13(5-3-12)10-18-20-16(17)21-19-11-14-6-8-15(9-7-14)22(23)24/h1-20H,21-22H2,(H3,30,33,34);5-16H,1-4H3,(H3,22,25,26);3-12H,1-2H3,(H3,20,23,24);2-11H,1H3,(H3,17,20,21)/b31-19+,32-20+;23-13+,24-14+;21-11+,22-12+;18-10+,19-11+. The van der Waals surface area contributed by atoms with Gasteiger partial charge in [-0.05, 0) is 224 Å². The molecule has 10 aromatic carbocycles. The molecule has 0 atom stereocenters. The normalized spacial score (nSPS) is 11.8. The highest BCUT2D eigenvalue weighted by Crippen LogP contribution is 2.18. The van der Waals surface area contributed by atoms with Crippen molar-refractivity contribution in [1.29, 1.82) is 0 Å². The van der Waals surface area contributed by atoms with E-state index in [9.17, 15) is 19.7 Å². The van der Waals surface area contributed by atoms with Crippen LogP contribution in [0.25, 0.3) is 0 Å². The number of nitrogens with two attached hydrogens (primary N) is 4. The lowest BCUT2D eigenvalue weighted by Gasteiger charge is -2.09. The van der Waals surface area contributed by atoms with Crippen molar-refractivity contribution >= 4 is 91.2 Å². The number of nitro benzene ring substituents is 1. The third-order valence-corrected chi connectivity index (χ3v) is 14.7. The number of ether oxygens (including phenoxy) is 6. The number of aryl methyl sites for hydroxylation is 1. The predicted molar refractivity (Wildman–Crippen MR) is 458 cm³/mol. The summed E-state index contributed by atoms with van der Waals surface area (Å²) in [5, 5.41) is 57.3. The van der Waals surface area contributed by atoms with Gasteiger partial charge < -0.3 is 51.4 Å². The number of guanidine groups is 4. The number of methoxy groups -OCH3 is 2. The number of hydrogen-bond acceptors (Lipinski definition) is 22. The number of nitro groups is 1. The lowest BCUT2D eigenvalue weighted by atomic mass is 10.1. The minimum atomic E-state index is -0.465. The van der Waals surface area contributed by atoms with E-state index in [2.05, 4.69) is 92.4 Å². The Bertz CT molecular complexity index is 5050. The molecule has 31 nitrogen and oxygen atoms in total. The van der Waals surface area contributed by atoms with E-state index in [1.54, 1.807) is 91.7 Å². The van der Waals surface area contributed by atoms with Crippen molar-refractivity contribution in [3.05, 3.63) is 337 Å². The fourth-order valence-corrected chi connectivity index (χ4v) is 8.98. The lowest BCUT2D eigenvalue weighted by Crippen LogP contribution is -2.26. The third-order valence-electron chi connectivity index (χ3n) is 14.7. The number of hydrazone groups is 4. The van der Waals surface area contributed by atoms with Crippen LogP contribution in [0.1, 0.15) is 110 Å². The first kappa shape index (κ1) is 87.4. The number of non-ortho nitro benzene ring substituents is 1. The molecule has 31 heteroatoms. The summed E-state index contributed by atoms with van der Waals surface area (Å²) < 4.78 is 32.0. The zero-order valence-electron chi connectivity index (χ0n) is 64.6. The smallest absolute Gasteiger partial charge is 0.337 e. The Balaban J connectivity index is 0.000000216. The van der Waals surface area contributed by atoms with Gasteiger partial charge in [0.1, 0.15) is 36.2 Å². The van der Waals surface area contributed by atoms with Gasteiger partial charge in [-0.25, -0.2) is 31.3 Å². The summed E-state index contributed by atoms with van der Waals surface area (Å²) in [4.78, 5) is 32.8. The SMILES string of the molecule is CC(C)Oc1ccc(/C=N/N=C(N)N/N=C/c2ccc(OC(C)C)cc2)cc1.COC(=O)c1ccc(/C=N/N=C(N)N/N=C/c2ccc(C(=O)OC)cc2)cc1.Cc1ccc(/C=N/NC(N)=N/N=C/c2ccc([N+](=O)[O-])cc2)cc1.NC(=N/N=C/c1ccc(OCc2ccccc2)cc1)N/N=C/c1ccc(OCc2ccccc2)cc1. The Labute approximate surface area is 671 Å². The highest BCUT2D eigenvalue weighted by molar-refractivity contribution is 5.93. The number of esters is 2. The van der Waals surface area contributed by atoms with Gasteiger partial charge in [-0.1, -0.05) is 115 Å². The highest BCUT2D eigenvalue weighted by Gasteiger charge is 2.08. The summed E-state index contributed by atoms with van der Waals surface area (Å²) in [6, 6.07) is 77.4. The van der Waals surface area contributed by atoms with Gasteiger partial charge in [-0.2, -0.15) is 40.8 Å². The molecule has 0 fully saturated rings. The third kappa shape index (κ3) is 35.3. The van der Waals surface area contributed by atoms with Gasteiger partial charge in [0.05, 0.1) is 92.2 Å². The van der Waals surface area contributed by atoms with Gasteiger partial charge in [-0.15, -0.1) is 20.4 Å². The second-order valence-corrected chi connectivity index (χ2v) is 24.5. The Kier molecular flexibility index (Phi) is 37.2. The fourth-order valence-electron chi connectivity index (χ4n) is 8.98. The largest absolute Gasteiger partial charge is 0.491 e. The molecule has 0 saturated heterocycles. The van der Waals surface area contributed by atoms with Crippen LogP contribution < -0.4 is 63.6 Å². The van der Waals surface area contributed by atoms with Crippen LogP contribution in [0, 0.1) is 17.0 Å². The molecule has 116 heavy (non-hydrogen) atoms. The number of carbonyl (C=O) groups is 2. The molecule has 0 aliphatic heterocycles. The van der Waals surface area contributed by atoms with E-state index in [0.717, 1.165) is 73.1 Å². The summed E-state index contributed by atoms with van der Waals surface area (Å²) in [6.45, 7) is 11.0. The molecule has 0 aliphatic carbocycles. The van der Waals surface area contributed by atoms with Gasteiger partial charge in [0.15, 0.2) is 0 Å². The molecule has 0 saturated carbocycles. The minimum absolute atomic E-state index is 0.00939. The van der Waals surface area contributed by atoms with Gasteiger partial charge in [0.2, 0.25) is 23.8 Å². The number of benzene rings is 10. The number of nitrogens with one attached hydrogen (secondary N) is 4. The van der Waals surface area contributed by atoms with E-state index in [1.807, 2.05) is 217 Å². The maximum Gasteiger partial charge on any atom is 0.337 e. The summed E-state index contributed by atoms with van der Waals surface area (Å²) in [6.07, 6.45) is 12.8. The van der Waals surface area contributed by atoms with E-state index in [4.69, 9.17) is 41.9 Å². The first-order valence-corrected chi connectivity index (χ1v) is 35.6. The molecule has 594 valence electrons. The Morgan fingerprint density at radius 2 is 0.612 bits per heavy atom. The molecule has 0 bridgehead atoms. The maximum atomic E-state index is 11.4. The number of rotatable bonds is 29. The van der Waals surface area contributed by atoms with E-state index in [-0.39, 0.29) is 41.7 Å². The van der Waals surface area contributed by atoms with E-state index in [0.29, 0.717) is 29.9 Å². The van der Waals surface area contributed by atoms with Crippen LogP contribution in [0.15, 0.2) is 316 Å². The zero-order valence-corrected chi connectivity index (χ0v) is 64.6. The summed E-state index contributed by atoms with van der Waals surface area (Å²) in [5.41, 5.74) is 44.1. The molecule has 10 rings (SSSR count). The van der Waals surface area contributed by atoms with Crippen LogP contribution in [-0.2, 0) is 22.7 Å². The van der Waals surface area contributed by atoms with Crippen molar-refractivity contribution in [2.24, 2.45) is 84.2 Å². The van der Waals surface area contributed by atoms with E-state index >= 15 is 0 Å². The van der Waals surface area contributed by atoms with Crippen molar-refractivity contribution in [1.82, 2.24) is 21.7 Å². The monoisotopic (exact) mass is 1560 g/mol. The van der Waals surface area contributed by atoms with Crippen LogP contribution in [0.4, 0.5) is 5.69 Å². The molecule has 0 spiro atoms. The van der Waals surface area contributed by atoms with Crippen molar-refractivity contribution in [2.75, 3.05) is 14.2 Å². The summed E-state index contributed by atoms with van der Waals surface area (Å²) in [5.74, 6) is 2.57. The van der Waals surface area contributed by atoms with Crippen LogP contribution in [-0.4, -0.2) is 117 Å². The Morgan fingerprint density at radius 1 is 0.362 bits per heavy atom. The Morgan fingerprint density at radius 3 is 0.879 bits per heavy atom. The predicted octanol–water partition coefficient (Wildman–Crippen LogP) is 12.4. The van der Waals surface area contributed by atoms with Crippen molar-refractivity contribution in [3.63, 3.8) is 0 Å². The second kappa shape index (κ2) is 49.4. The van der Waals surface area contributed by atoms with Crippen LogP contribution in [0.2, 0.25) is 0 Å². The van der Waals surface area contributed by atoms with E-state index < -0.39 is 16.9 Å². The fraction of sp³-hybridized carbons (Fsp3) is 0.129. The number of carbonyl (C=O) groups excluding carboxylic acids is 2. The van der Waals surface area contributed by atoms with Gasteiger partial charge in [-0.3, -0.25) is 10.1 Å². The topological polar surface area (TPSA) is 433 Å². The van der Waals surface area contributed by atoms with Gasteiger partial charge in [0.25, 0.3) is 5.69 Å². The number of hydrogen-bond donors (Lipinski definition) is 8. The molecule has 0 heterocycles. The molecular formula is C85H89N21O10. The van der Waals surface area contributed by atoms with Gasteiger partial charge in [0, 0.05) is 12.1 Å². The summed E-state index contributed by atoms with van der Waals surface area (Å²) >= 11 is 0. The highest BCUT2D eigenvalue weighted by atomic mass is 16.6. The molecule has 0 unspecified atom stereocenters. The number of nitrogens with zero attached hydrogens (tertiary/aromatic N) is 13. The van der Waals surface area contributed by atoms with Crippen LogP contribution >= 0.6 is 0 Å². The zero-order chi connectivity index (χ0) is 82.9. The van der Waals surface area contributed by atoms with Crippen LogP contribution in [0.3, 0.4) is 0 Å². The Hall–Kier alpha value is -15.8. The quantitative estimate of drug-likeness (QED) is 0.00709. The van der Waals surface area contributed by atoms with Crippen molar-refractivity contribution in [3.8, 4) is 23.0 Å². The molecule has 12 N–H and O–H groups in total. The first-order chi connectivity index (χ1) is 56.2.